The number of nitrogens with one attached hydrogen (secondary N) is 1. The van der Waals surface area contributed by atoms with Crippen molar-refractivity contribution >= 4 is 11.6 Å². The van der Waals surface area contributed by atoms with E-state index >= 15 is 0 Å². The Kier molecular flexibility index (Phi) is 5.09. The quantitative estimate of drug-likeness (QED) is 0.862. The standard InChI is InChI=1S/C21H30N2O2/c24-17(13-15-5-1-2-6-15)14-23-11-9-16(10-12-23)20-18-7-3-4-8-19(18)22-21(20)25/h3-4,7-8,15-17,20,24H,1-2,5-6,9-14H2,(H,22,25). The first-order valence-corrected chi connectivity index (χ1v) is 10.0. The summed E-state index contributed by atoms with van der Waals surface area (Å²) in [7, 11) is 0. The van der Waals surface area contributed by atoms with Gasteiger partial charge in [-0.2, -0.15) is 0 Å². The first-order chi connectivity index (χ1) is 12.2. The first kappa shape index (κ1) is 17.0. The molecule has 0 radical (unpaired) electrons. The summed E-state index contributed by atoms with van der Waals surface area (Å²) in [6.07, 6.45) is 8.16. The summed E-state index contributed by atoms with van der Waals surface area (Å²) >= 11 is 0. The van der Waals surface area contributed by atoms with Crippen molar-refractivity contribution in [1.29, 1.82) is 0 Å². The molecule has 2 atom stereocenters. The molecule has 0 spiro atoms. The maximum Gasteiger partial charge on any atom is 0.232 e. The third-order valence-corrected chi connectivity index (χ3v) is 6.49. The minimum atomic E-state index is -0.185. The zero-order chi connectivity index (χ0) is 17.2. The van der Waals surface area contributed by atoms with Gasteiger partial charge in [-0.05, 0) is 55.8 Å². The van der Waals surface area contributed by atoms with Gasteiger partial charge in [-0.1, -0.05) is 43.9 Å². The molecule has 2 fully saturated rings. The molecule has 1 aliphatic carbocycles. The van der Waals surface area contributed by atoms with Crippen molar-refractivity contribution in [2.75, 3.05) is 25.0 Å². The van der Waals surface area contributed by atoms with E-state index in [-0.39, 0.29) is 17.9 Å². The van der Waals surface area contributed by atoms with Crippen LogP contribution in [0.25, 0.3) is 0 Å². The van der Waals surface area contributed by atoms with Crippen LogP contribution in [-0.2, 0) is 4.79 Å². The van der Waals surface area contributed by atoms with E-state index in [1.54, 1.807) is 0 Å². The number of fused-ring (bicyclic) bond motifs is 1. The molecule has 25 heavy (non-hydrogen) atoms. The summed E-state index contributed by atoms with van der Waals surface area (Å²) in [5.41, 5.74) is 2.17. The van der Waals surface area contributed by atoms with Crippen molar-refractivity contribution in [3.63, 3.8) is 0 Å². The minimum Gasteiger partial charge on any atom is -0.392 e. The van der Waals surface area contributed by atoms with Crippen LogP contribution in [0.5, 0.6) is 0 Å². The highest BCUT2D eigenvalue weighted by Gasteiger charge is 2.38. The number of piperidine rings is 1. The van der Waals surface area contributed by atoms with E-state index in [4.69, 9.17) is 0 Å². The number of nitrogens with zero attached hydrogens (tertiary/aromatic N) is 1. The van der Waals surface area contributed by atoms with Gasteiger partial charge in [0.2, 0.25) is 5.91 Å². The van der Waals surface area contributed by atoms with Gasteiger partial charge >= 0.3 is 0 Å². The fourth-order valence-electron chi connectivity index (χ4n) is 5.17. The number of rotatable bonds is 5. The van der Waals surface area contributed by atoms with Gasteiger partial charge < -0.3 is 15.3 Å². The Balaban J connectivity index is 1.29. The predicted molar refractivity (Wildman–Crippen MR) is 99.6 cm³/mol. The van der Waals surface area contributed by atoms with Gasteiger partial charge in [0.1, 0.15) is 0 Å². The third kappa shape index (κ3) is 3.75. The zero-order valence-electron chi connectivity index (χ0n) is 15.0. The second-order valence-electron chi connectivity index (χ2n) is 8.23. The summed E-state index contributed by atoms with van der Waals surface area (Å²) in [4.78, 5) is 14.8. The fraction of sp³-hybridized carbons (Fsp3) is 0.667. The summed E-state index contributed by atoms with van der Waals surface area (Å²) in [6.45, 7) is 2.80. The SMILES string of the molecule is O=C1Nc2ccccc2C1C1CCN(CC(O)CC2CCCC2)CC1. The van der Waals surface area contributed by atoms with E-state index in [1.165, 1.54) is 31.2 Å². The number of anilines is 1. The second-order valence-corrected chi connectivity index (χ2v) is 8.23. The fourth-order valence-corrected chi connectivity index (χ4v) is 5.17. The normalized spacial score (nSPS) is 26.6. The molecular weight excluding hydrogens is 312 g/mol. The molecule has 2 N–H and O–H groups in total. The number of amides is 1. The number of hydrogen-bond donors (Lipinski definition) is 2. The topological polar surface area (TPSA) is 52.6 Å². The minimum absolute atomic E-state index is 0.0155. The van der Waals surface area contributed by atoms with E-state index in [0.29, 0.717) is 5.92 Å². The Bertz CT molecular complexity index is 604. The molecule has 4 nitrogen and oxygen atoms in total. The number of hydrogen-bond acceptors (Lipinski definition) is 3. The summed E-state index contributed by atoms with van der Waals surface area (Å²) in [5, 5.41) is 13.4. The van der Waals surface area contributed by atoms with Crippen LogP contribution in [0.1, 0.15) is 56.4 Å². The highest BCUT2D eigenvalue weighted by Crippen LogP contribution is 2.41. The maximum atomic E-state index is 12.4. The van der Waals surface area contributed by atoms with Crippen molar-refractivity contribution in [1.82, 2.24) is 4.90 Å². The van der Waals surface area contributed by atoms with Crippen molar-refractivity contribution in [2.45, 2.75) is 57.0 Å². The lowest BCUT2D eigenvalue weighted by atomic mass is 9.80. The maximum absolute atomic E-state index is 12.4. The van der Waals surface area contributed by atoms with Crippen molar-refractivity contribution in [3.05, 3.63) is 29.8 Å². The van der Waals surface area contributed by atoms with Gasteiger partial charge in [0.15, 0.2) is 0 Å². The molecule has 1 saturated heterocycles. The molecule has 2 aliphatic heterocycles. The molecule has 4 rings (SSSR count). The molecule has 3 aliphatic rings. The van der Waals surface area contributed by atoms with Gasteiger partial charge in [0.05, 0.1) is 12.0 Å². The molecule has 1 aromatic carbocycles. The number of likely N-dealkylation sites (tertiary alicyclic amines) is 1. The van der Waals surface area contributed by atoms with Gasteiger partial charge in [-0.3, -0.25) is 4.79 Å². The summed E-state index contributed by atoms with van der Waals surface area (Å²) in [5.74, 6) is 1.35. The first-order valence-electron chi connectivity index (χ1n) is 10.0. The van der Waals surface area contributed by atoms with Crippen LogP contribution in [0.2, 0.25) is 0 Å². The lowest BCUT2D eigenvalue weighted by Gasteiger charge is -2.35. The van der Waals surface area contributed by atoms with Gasteiger partial charge in [-0.25, -0.2) is 0 Å². The number of benzene rings is 1. The van der Waals surface area contributed by atoms with Crippen LogP contribution in [0.3, 0.4) is 0 Å². The van der Waals surface area contributed by atoms with E-state index in [1.807, 2.05) is 18.2 Å². The van der Waals surface area contributed by atoms with Crippen LogP contribution >= 0.6 is 0 Å². The van der Waals surface area contributed by atoms with Crippen molar-refractivity contribution in [2.24, 2.45) is 11.8 Å². The third-order valence-electron chi connectivity index (χ3n) is 6.49. The number of para-hydroxylation sites is 1. The van der Waals surface area contributed by atoms with E-state index < -0.39 is 0 Å². The number of carbonyl (C=O) groups is 1. The second kappa shape index (κ2) is 7.46. The van der Waals surface area contributed by atoms with Gasteiger partial charge in [0, 0.05) is 12.2 Å². The lowest BCUT2D eigenvalue weighted by molar-refractivity contribution is -0.118. The average Bonchev–Trinajstić information content (AvgIpc) is 3.22. The van der Waals surface area contributed by atoms with Crippen LogP contribution in [0.4, 0.5) is 5.69 Å². The van der Waals surface area contributed by atoms with Crippen molar-refractivity contribution < 1.29 is 9.90 Å². The molecule has 0 bridgehead atoms. The van der Waals surface area contributed by atoms with Crippen LogP contribution in [0.15, 0.2) is 24.3 Å². The highest BCUT2D eigenvalue weighted by atomic mass is 16.3. The number of β-amino-alcohol motifs (C(OH)–C–C–N with tert-alkyl or cyclic N) is 1. The Labute approximate surface area is 150 Å². The Hall–Kier alpha value is -1.39. The zero-order valence-corrected chi connectivity index (χ0v) is 15.0. The summed E-state index contributed by atoms with van der Waals surface area (Å²) in [6, 6.07) is 8.10. The number of carbonyl (C=O) groups excluding carboxylic acids is 1. The van der Waals surface area contributed by atoms with Gasteiger partial charge in [-0.15, -0.1) is 0 Å². The molecule has 136 valence electrons. The van der Waals surface area contributed by atoms with E-state index in [9.17, 15) is 9.90 Å². The van der Waals surface area contributed by atoms with Crippen LogP contribution < -0.4 is 5.32 Å². The molecule has 2 heterocycles. The molecular formula is C21H30N2O2. The molecule has 1 aromatic rings. The van der Waals surface area contributed by atoms with Crippen LogP contribution in [0, 0.1) is 11.8 Å². The monoisotopic (exact) mass is 342 g/mol. The Morgan fingerprint density at radius 1 is 1.12 bits per heavy atom. The smallest absolute Gasteiger partial charge is 0.232 e. The number of aliphatic hydroxyl groups excluding tert-OH is 1. The van der Waals surface area contributed by atoms with Crippen LogP contribution in [-0.4, -0.2) is 41.7 Å². The average molecular weight is 342 g/mol. The molecule has 4 heteroatoms. The van der Waals surface area contributed by atoms with Gasteiger partial charge in [0.25, 0.3) is 0 Å². The highest BCUT2D eigenvalue weighted by molar-refractivity contribution is 6.03. The predicted octanol–water partition coefficient (Wildman–Crippen LogP) is 3.38. The van der Waals surface area contributed by atoms with Crippen molar-refractivity contribution in [3.8, 4) is 0 Å². The molecule has 1 saturated carbocycles. The Morgan fingerprint density at radius 2 is 1.84 bits per heavy atom. The molecule has 2 unspecified atom stereocenters. The molecule has 0 aromatic heterocycles. The van der Waals surface area contributed by atoms with E-state index in [0.717, 1.165) is 50.5 Å². The largest absolute Gasteiger partial charge is 0.392 e. The number of aliphatic hydroxyl groups is 1. The molecule has 1 amide bonds. The van der Waals surface area contributed by atoms with E-state index in [2.05, 4.69) is 16.3 Å². The summed E-state index contributed by atoms with van der Waals surface area (Å²) < 4.78 is 0. The lowest BCUT2D eigenvalue weighted by Crippen LogP contribution is -2.41. The Morgan fingerprint density at radius 3 is 2.60 bits per heavy atom.